The van der Waals surface area contributed by atoms with Gasteiger partial charge in [-0.05, 0) is 63.5 Å². The van der Waals surface area contributed by atoms with Gasteiger partial charge in [0.2, 0.25) is 15.7 Å². The fourth-order valence-corrected chi connectivity index (χ4v) is 6.22. The molecule has 230 valence electrons. The molecule has 0 radical (unpaired) electrons. The van der Waals surface area contributed by atoms with E-state index in [1.54, 1.807) is 7.05 Å². The summed E-state index contributed by atoms with van der Waals surface area (Å²) in [5.74, 6) is -0.401. The lowest BCUT2D eigenvalue weighted by Crippen LogP contribution is -2.33. The molecule has 0 saturated heterocycles. The number of allylic oxidation sites excluding steroid dienone is 4. The van der Waals surface area contributed by atoms with Gasteiger partial charge in [-0.1, -0.05) is 23.8 Å². The number of rotatable bonds is 15. The number of ether oxygens (including phenoxy) is 2. The molecule has 2 aliphatic carbocycles. The van der Waals surface area contributed by atoms with Crippen molar-refractivity contribution in [3.8, 4) is 0 Å². The second-order valence-corrected chi connectivity index (χ2v) is 13.3. The number of anilines is 1. The quantitative estimate of drug-likeness (QED) is 0.285. The molecule has 2 aliphatic rings. The molecule has 0 bridgehead atoms. The molecule has 2 heterocycles. The summed E-state index contributed by atoms with van der Waals surface area (Å²) in [5.41, 5.74) is 1.90. The highest BCUT2D eigenvalue weighted by atomic mass is 32.2. The predicted octanol–water partition coefficient (Wildman–Crippen LogP) is 4.28. The number of hydrogen-bond acceptors (Lipinski definition) is 8. The number of aromatic nitrogens is 1. The lowest BCUT2D eigenvalue weighted by atomic mass is 9.78. The van der Waals surface area contributed by atoms with Crippen LogP contribution in [0, 0.1) is 0 Å². The molecule has 0 spiro atoms. The molecule has 2 aromatic rings. The number of sulfonamides is 1. The van der Waals surface area contributed by atoms with Crippen molar-refractivity contribution < 1.29 is 37.0 Å². The Balaban J connectivity index is 1.73. The van der Waals surface area contributed by atoms with Gasteiger partial charge in [-0.3, -0.25) is 13.9 Å². The highest BCUT2D eigenvalue weighted by molar-refractivity contribution is 7.92. The smallest absolute Gasteiger partial charge is 0.305 e. The predicted molar refractivity (Wildman–Crippen MR) is 160 cm³/mol. The fourth-order valence-electron chi connectivity index (χ4n) is 5.30. The van der Waals surface area contributed by atoms with E-state index in [1.165, 1.54) is 11.4 Å². The molecule has 2 unspecified atom stereocenters. The number of fused-ring (bicyclic) bond motifs is 1. The van der Waals surface area contributed by atoms with Gasteiger partial charge in [0.05, 0.1) is 42.9 Å². The van der Waals surface area contributed by atoms with E-state index >= 15 is 0 Å². The molecule has 2 atom stereocenters. The molecule has 0 aliphatic heterocycles. The Bertz CT molecular complexity index is 1490. The fraction of sp³-hybridized carbons (Fsp3) is 0.567. The van der Waals surface area contributed by atoms with E-state index in [2.05, 4.69) is 11.4 Å². The number of carboxylic acid groups (broad SMARTS) is 1. The first-order valence-corrected chi connectivity index (χ1v) is 16.1. The summed E-state index contributed by atoms with van der Waals surface area (Å²) in [6, 6.07) is 1.86. The lowest BCUT2D eigenvalue weighted by Gasteiger charge is -2.26. The summed E-state index contributed by atoms with van der Waals surface area (Å²) in [6.45, 7) is 4.67. The number of amides is 1. The maximum atomic E-state index is 13.2. The lowest BCUT2D eigenvalue weighted by molar-refractivity contribution is -0.140. The van der Waals surface area contributed by atoms with Crippen LogP contribution in [-0.4, -0.2) is 76.7 Å². The third-order valence-corrected chi connectivity index (χ3v) is 8.97. The Labute approximate surface area is 247 Å². The monoisotopic (exact) mass is 603 g/mol. The molecular formula is C30H41N3O8S. The van der Waals surface area contributed by atoms with Crippen LogP contribution in [0.2, 0.25) is 0 Å². The number of carbonyl (C=O) groups excluding carboxylic acids is 1. The average molecular weight is 604 g/mol. The Kier molecular flexibility index (Phi) is 9.79. The van der Waals surface area contributed by atoms with Crippen LogP contribution >= 0.6 is 0 Å². The van der Waals surface area contributed by atoms with Crippen molar-refractivity contribution >= 4 is 38.8 Å². The number of pyridine rings is 1. The van der Waals surface area contributed by atoms with Crippen LogP contribution in [0.4, 0.5) is 5.82 Å². The van der Waals surface area contributed by atoms with Gasteiger partial charge in [0.1, 0.15) is 11.6 Å². The number of hydrogen-bond donors (Lipinski definition) is 2. The van der Waals surface area contributed by atoms with Gasteiger partial charge in [0, 0.05) is 26.1 Å². The van der Waals surface area contributed by atoms with E-state index in [0.29, 0.717) is 42.6 Å². The van der Waals surface area contributed by atoms with E-state index in [-0.39, 0.29) is 42.9 Å². The summed E-state index contributed by atoms with van der Waals surface area (Å²) in [6.07, 6.45) is 9.58. The highest BCUT2D eigenvalue weighted by Gasteiger charge is 2.38. The third-order valence-electron chi connectivity index (χ3n) is 7.81. The zero-order valence-electron chi connectivity index (χ0n) is 24.9. The second kappa shape index (κ2) is 13.0. The normalized spacial score (nSPS) is 19.5. The van der Waals surface area contributed by atoms with E-state index < -0.39 is 27.5 Å². The van der Waals surface area contributed by atoms with Gasteiger partial charge in [-0.25, -0.2) is 8.42 Å². The molecular weight excluding hydrogens is 562 g/mol. The molecule has 0 aromatic carbocycles. The molecule has 1 fully saturated rings. The first-order chi connectivity index (χ1) is 19.9. The van der Waals surface area contributed by atoms with Gasteiger partial charge in [0.25, 0.3) is 5.91 Å². The van der Waals surface area contributed by atoms with Crippen molar-refractivity contribution in [2.24, 2.45) is 0 Å². The van der Waals surface area contributed by atoms with Gasteiger partial charge in [0.15, 0.2) is 0 Å². The first-order valence-electron chi connectivity index (χ1n) is 14.2. The summed E-state index contributed by atoms with van der Waals surface area (Å²) in [5, 5.41) is 12.6. The van der Waals surface area contributed by atoms with E-state index in [4.69, 9.17) is 18.9 Å². The molecule has 2 aromatic heterocycles. The average Bonchev–Trinajstić information content (AvgIpc) is 3.70. The number of furan rings is 1. The first kappa shape index (κ1) is 31.7. The summed E-state index contributed by atoms with van der Waals surface area (Å²) >= 11 is 0. The molecule has 1 amide bonds. The Morgan fingerprint density at radius 1 is 1.31 bits per heavy atom. The maximum Gasteiger partial charge on any atom is 0.305 e. The van der Waals surface area contributed by atoms with E-state index in [0.717, 1.165) is 30.2 Å². The molecule has 4 rings (SSSR count). The summed E-state index contributed by atoms with van der Waals surface area (Å²) in [4.78, 5) is 29.3. The number of carbonyl (C=O) groups is 2. The van der Waals surface area contributed by atoms with Crippen molar-refractivity contribution in [1.29, 1.82) is 0 Å². The minimum atomic E-state index is -3.77. The summed E-state index contributed by atoms with van der Waals surface area (Å²) < 4.78 is 44.5. The van der Waals surface area contributed by atoms with Gasteiger partial charge >= 0.3 is 5.97 Å². The zero-order valence-corrected chi connectivity index (χ0v) is 25.8. The molecule has 11 nitrogen and oxygen atoms in total. The van der Waals surface area contributed by atoms with Crippen LogP contribution in [0.3, 0.4) is 0 Å². The van der Waals surface area contributed by atoms with Gasteiger partial charge in [-0.15, -0.1) is 0 Å². The summed E-state index contributed by atoms with van der Waals surface area (Å²) in [7, 11) is -0.665. The number of methoxy groups -OCH3 is 1. The van der Waals surface area contributed by atoms with Crippen LogP contribution in [0.25, 0.3) is 11.1 Å². The number of nitrogens with zero attached hydrogens (tertiary/aromatic N) is 2. The minimum absolute atomic E-state index is 0.0845. The third kappa shape index (κ3) is 7.22. The number of nitrogens with one attached hydrogen (secondary N) is 1. The van der Waals surface area contributed by atoms with E-state index in [9.17, 15) is 23.1 Å². The Morgan fingerprint density at radius 2 is 2.05 bits per heavy atom. The van der Waals surface area contributed by atoms with Crippen LogP contribution in [0.15, 0.2) is 34.3 Å². The van der Waals surface area contributed by atoms with Gasteiger partial charge < -0.3 is 24.3 Å². The minimum Gasteiger partial charge on any atom is -0.481 e. The topological polar surface area (TPSA) is 148 Å². The molecule has 42 heavy (non-hydrogen) atoms. The van der Waals surface area contributed by atoms with Crippen LogP contribution in [0.5, 0.6) is 0 Å². The Morgan fingerprint density at radius 3 is 2.62 bits per heavy atom. The highest BCUT2D eigenvalue weighted by Crippen LogP contribution is 2.47. The standard InChI is InChI=1S/C30H41N3O8S/c1-19-10-12-30(2,13-11-19)26-25(28(36)31-3)23-18-22(20-8-9-20)27(32-29(23)41-26)33(42(5,37)38)14-6-7-21(17-24(34)35)40-16-15-39-4/h10-12,18,20-21H,6-9,13-17H2,1-5H3,(H,31,36)(H,34,35). The molecule has 2 N–H and O–H groups in total. The second-order valence-electron chi connectivity index (χ2n) is 11.4. The van der Waals surface area contributed by atoms with Crippen molar-refractivity contribution in [3.63, 3.8) is 0 Å². The zero-order chi connectivity index (χ0) is 30.7. The molecule has 12 heteroatoms. The van der Waals surface area contributed by atoms with Crippen LogP contribution in [-0.2, 0) is 29.7 Å². The van der Waals surface area contributed by atoms with Crippen molar-refractivity contribution in [2.45, 2.75) is 69.8 Å². The van der Waals surface area contributed by atoms with Crippen molar-refractivity contribution in [2.75, 3.05) is 44.5 Å². The molecule has 1 saturated carbocycles. The number of aliphatic carboxylic acids is 1. The van der Waals surface area contributed by atoms with Crippen molar-refractivity contribution in [3.05, 3.63) is 46.8 Å². The Hall–Kier alpha value is -3.22. The van der Waals surface area contributed by atoms with Crippen molar-refractivity contribution in [1.82, 2.24) is 10.3 Å². The van der Waals surface area contributed by atoms with Crippen LogP contribution < -0.4 is 9.62 Å². The maximum absolute atomic E-state index is 13.2. The van der Waals surface area contributed by atoms with Gasteiger partial charge in [-0.2, -0.15) is 4.98 Å². The van der Waals surface area contributed by atoms with E-state index in [1.807, 2.05) is 32.1 Å². The largest absolute Gasteiger partial charge is 0.481 e. The SMILES string of the molecule is CNC(=O)c1c(C2(C)C=CC(C)=CC2)oc2nc(N(CCCC(CC(=O)O)OCCOC)S(C)(=O)=O)c(C3CC3)cc12. The number of carboxylic acids is 1. The van der Waals surface area contributed by atoms with Crippen LogP contribution in [0.1, 0.15) is 80.0 Å².